The lowest BCUT2D eigenvalue weighted by atomic mass is 10.2. The monoisotopic (exact) mass is 283 g/mol. The molecule has 1 aliphatic rings. The van der Waals surface area contributed by atoms with E-state index in [0.29, 0.717) is 4.90 Å². The molecular weight excluding hydrogens is 271 g/mol. The maximum Gasteiger partial charge on any atom is 0.522 e. The van der Waals surface area contributed by atoms with Crippen LogP contribution in [0.5, 0.6) is 0 Å². The van der Waals surface area contributed by atoms with Crippen LogP contribution >= 0.6 is 0 Å². The largest absolute Gasteiger partial charge is 0.522 e. The van der Waals surface area contributed by atoms with Gasteiger partial charge in [0.15, 0.2) is 0 Å². The van der Waals surface area contributed by atoms with Gasteiger partial charge in [0.05, 0.1) is 12.6 Å². The summed E-state index contributed by atoms with van der Waals surface area (Å²) < 4.78 is 44.5. The summed E-state index contributed by atoms with van der Waals surface area (Å²) in [5, 5.41) is 8.87. The Balaban J connectivity index is 2.70. The topological polar surface area (TPSA) is 76.1 Å². The minimum atomic E-state index is -4.88. The molecule has 0 spiro atoms. The SMILES string of the molecule is C=CCOC(=O)N1C[C@@H](OC(F)(F)F)C[C@H]1C(=O)O. The smallest absolute Gasteiger partial charge is 0.480 e. The molecule has 6 nitrogen and oxygen atoms in total. The molecule has 1 saturated heterocycles. The van der Waals surface area contributed by atoms with Crippen LogP contribution in [0.2, 0.25) is 0 Å². The number of ether oxygens (including phenoxy) is 2. The first-order valence-corrected chi connectivity index (χ1v) is 5.26. The fourth-order valence-corrected chi connectivity index (χ4v) is 1.72. The lowest BCUT2D eigenvalue weighted by Crippen LogP contribution is -2.41. The first-order chi connectivity index (χ1) is 8.74. The predicted octanol–water partition coefficient (Wildman–Crippen LogP) is 1.37. The number of carbonyl (C=O) groups excluding carboxylic acids is 1. The van der Waals surface area contributed by atoms with Crippen LogP contribution in [0, 0.1) is 0 Å². The average Bonchev–Trinajstić information content (AvgIpc) is 2.67. The van der Waals surface area contributed by atoms with E-state index in [9.17, 15) is 22.8 Å². The van der Waals surface area contributed by atoms with Gasteiger partial charge in [0, 0.05) is 6.42 Å². The second kappa shape index (κ2) is 5.91. The van der Waals surface area contributed by atoms with Crippen molar-refractivity contribution < 1.29 is 37.3 Å². The number of carboxylic acid groups (broad SMARTS) is 1. The van der Waals surface area contributed by atoms with E-state index in [2.05, 4.69) is 16.1 Å². The summed E-state index contributed by atoms with van der Waals surface area (Å²) in [6, 6.07) is -1.40. The molecule has 0 aliphatic carbocycles. The number of amides is 1. The molecule has 1 aliphatic heterocycles. The minimum Gasteiger partial charge on any atom is -0.480 e. The Labute approximate surface area is 106 Å². The fraction of sp³-hybridized carbons (Fsp3) is 0.600. The van der Waals surface area contributed by atoms with Crippen LogP contribution in [-0.2, 0) is 14.3 Å². The fourth-order valence-electron chi connectivity index (χ4n) is 1.72. The van der Waals surface area contributed by atoms with Crippen molar-refractivity contribution in [3.05, 3.63) is 12.7 Å². The van der Waals surface area contributed by atoms with Gasteiger partial charge in [-0.25, -0.2) is 9.59 Å². The molecule has 108 valence electrons. The molecule has 1 fully saturated rings. The van der Waals surface area contributed by atoms with Crippen molar-refractivity contribution in [1.29, 1.82) is 0 Å². The van der Waals surface area contributed by atoms with E-state index in [1.54, 1.807) is 0 Å². The summed E-state index contributed by atoms with van der Waals surface area (Å²) in [5.74, 6) is -1.41. The number of halogens is 3. The Bertz CT molecular complexity index is 371. The average molecular weight is 283 g/mol. The zero-order chi connectivity index (χ0) is 14.6. The van der Waals surface area contributed by atoms with E-state index in [-0.39, 0.29) is 6.61 Å². The van der Waals surface area contributed by atoms with Crippen LogP contribution in [-0.4, -0.2) is 53.7 Å². The van der Waals surface area contributed by atoms with Gasteiger partial charge in [-0.15, -0.1) is 13.2 Å². The molecule has 0 aromatic heterocycles. The maximum atomic E-state index is 12.0. The van der Waals surface area contributed by atoms with Crippen molar-refractivity contribution in [2.24, 2.45) is 0 Å². The summed E-state index contributed by atoms with van der Waals surface area (Å²) >= 11 is 0. The number of nitrogens with zero attached hydrogens (tertiary/aromatic N) is 1. The van der Waals surface area contributed by atoms with Crippen molar-refractivity contribution in [3.8, 4) is 0 Å². The Morgan fingerprint density at radius 1 is 1.47 bits per heavy atom. The Hall–Kier alpha value is -1.77. The van der Waals surface area contributed by atoms with Crippen molar-refractivity contribution in [3.63, 3.8) is 0 Å². The quantitative estimate of drug-likeness (QED) is 0.789. The molecule has 0 aromatic carbocycles. The number of rotatable bonds is 4. The van der Waals surface area contributed by atoms with Gasteiger partial charge in [-0.05, 0) is 0 Å². The van der Waals surface area contributed by atoms with Gasteiger partial charge in [-0.3, -0.25) is 9.64 Å². The molecule has 0 radical (unpaired) electrons. The van der Waals surface area contributed by atoms with Crippen LogP contribution in [0.3, 0.4) is 0 Å². The number of carbonyl (C=O) groups is 2. The van der Waals surface area contributed by atoms with Crippen molar-refractivity contribution in [1.82, 2.24) is 4.90 Å². The van der Waals surface area contributed by atoms with Crippen LogP contribution in [0.4, 0.5) is 18.0 Å². The van der Waals surface area contributed by atoms with Crippen molar-refractivity contribution in [2.45, 2.75) is 24.9 Å². The summed E-state index contributed by atoms with van der Waals surface area (Å²) in [6.07, 6.45) is -6.50. The van der Waals surface area contributed by atoms with E-state index >= 15 is 0 Å². The van der Waals surface area contributed by atoms with Gasteiger partial charge in [0.1, 0.15) is 12.6 Å². The molecule has 9 heteroatoms. The van der Waals surface area contributed by atoms with Crippen molar-refractivity contribution >= 4 is 12.1 Å². The lowest BCUT2D eigenvalue weighted by Gasteiger charge is -2.20. The molecule has 1 rings (SSSR count). The molecular formula is C10H12F3NO5. The minimum absolute atomic E-state index is 0.160. The highest BCUT2D eigenvalue weighted by molar-refractivity contribution is 5.80. The number of aliphatic carboxylic acids is 1. The van der Waals surface area contributed by atoms with Crippen molar-refractivity contribution in [2.75, 3.05) is 13.2 Å². The number of carboxylic acids is 1. The van der Waals surface area contributed by atoms with Gasteiger partial charge < -0.3 is 9.84 Å². The molecule has 0 aromatic rings. The van der Waals surface area contributed by atoms with Crippen LogP contribution < -0.4 is 0 Å². The van der Waals surface area contributed by atoms with Gasteiger partial charge >= 0.3 is 18.4 Å². The molecule has 1 N–H and O–H groups in total. The van der Waals surface area contributed by atoms with E-state index in [4.69, 9.17) is 5.11 Å². The van der Waals surface area contributed by atoms with E-state index in [0.717, 1.165) is 0 Å². The summed E-state index contributed by atoms with van der Waals surface area (Å²) in [5.41, 5.74) is 0. The Morgan fingerprint density at radius 3 is 2.58 bits per heavy atom. The third kappa shape index (κ3) is 4.43. The molecule has 0 bridgehead atoms. The highest BCUT2D eigenvalue weighted by Crippen LogP contribution is 2.27. The van der Waals surface area contributed by atoms with Gasteiger partial charge in [0.2, 0.25) is 0 Å². The number of likely N-dealkylation sites (tertiary alicyclic amines) is 1. The third-order valence-corrected chi connectivity index (χ3v) is 2.41. The van der Waals surface area contributed by atoms with E-state index < -0.39 is 43.5 Å². The number of hydrogen-bond acceptors (Lipinski definition) is 4. The highest BCUT2D eigenvalue weighted by atomic mass is 19.4. The van der Waals surface area contributed by atoms with E-state index in [1.165, 1.54) is 6.08 Å². The maximum absolute atomic E-state index is 12.0. The Kier molecular flexibility index (Phi) is 4.76. The summed E-state index contributed by atoms with van der Waals surface area (Å²) in [6.45, 7) is 2.64. The molecule has 0 saturated carbocycles. The molecule has 19 heavy (non-hydrogen) atoms. The lowest BCUT2D eigenvalue weighted by molar-refractivity contribution is -0.340. The van der Waals surface area contributed by atoms with Gasteiger partial charge in [-0.2, -0.15) is 0 Å². The van der Waals surface area contributed by atoms with Crippen LogP contribution in [0.1, 0.15) is 6.42 Å². The van der Waals surface area contributed by atoms with Crippen LogP contribution in [0.25, 0.3) is 0 Å². The normalized spacial score (nSPS) is 23.2. The standard InChI is InChI=1S/C10H12F3NO5/c1-2-3-18-9(17)14-5-6(19-10(11,12)13)4-7(14)8(15)16/h2,6-7H,1,3-5H2,(H,15,16)/t6-,7-/m0/s1. The highest BCUT2D eigenvalue weighted by Gasteiger charge is 2.45. The predicted molar refractivity (Wildman–Crippen MR) is 55.2 cm³/mol. The summed E-state index contributed by atoms with van der Waals surface area (Å²) in [7, 11) is 0. The number of alkyl halides is 3. The first-order valence-electron chi connectivity index (χ1n) is 5.26. The zero-order valence-corrected chi connectivity index (χ0v) is 9.72. The van der Waals surface area contributed by atoms with Gasteiger partial charge in [0.25, 0.3) is 0 Å². The summed E-state index contributed by atoms with van der Waals surface area (Å²) in [4.78, 5) is 23.1. The third-order valence-electron chi connectivity index (χ3n) is 2.41. The second-order valence-electron chi connectivity index (χ2n) is 3.79. The van der Waals surface area contributed by atoms with Gasteiger partial charge in [-0.1, -0.05) is 12.7 Å². The first kappa shape index (κ1) is 15.3. The zero-order valence-electron chi connectivity index (χ0n) is 9.72. The van der Waals surface area contributed by atoms with Crippen LogP contribution in [0.15, 0.2) is 12.7 Å². The molecule has 1 amide bonds. The molecule has 1 heterocycles. The van der Waals surface area contributed by atoms with E-state index in [1.807, 2.05) is 0 Å². The second-order valence-corrected chi connectivity index (χ2v) is 3.79. The number of hydrogen-bond donors (Lipinski definition) is 1. The molecule has 2 atom stereocenters. The molecule has 0 unspecified atom stereocenters. The Morgan fingerprint density at radius 2 is 2.11 bits per heavy atom.